The first-order chi connectivity index (χ1) is 8.58. The Morgan fingerprint density at radius 2 is 1.78 bits per heavy atom. The van der Waals surface area contributed by atoms with Crippen LogP contribution >= 0.6 is 0 Å². The Labute approximate surface area is 104 Å². The van der Waals surface area contributed by atoms with Crippen molar-refractivity contribution in [1.82, 2.24) is 10.2 Å². The van der Waals surface area contributed by atoms with Crippen LogP contribution in [0.25, 0.3) is 11.1 Å². The molecule has 1 heterocycles. The zero-order valence-electron chi connectivity index (χ0n) is 10.5. The summed E-state index contributed by atoms with van der Waals surface area (Å²) < 4.78 is 10.5. The molecule has 0 saturated carbocycles. The average molecular weight is 249 g/mol. The zero-order valence-corrected chi connectivity index (χ0v) is 10.5. The molecule has 6 heteroatoms. The van der Waals surface area contributed by atoms with Crippen LogP contribution in [0.5, 0.6) is 11.5 Å². The molecule has 2 rings (SSSR count). The van der Waals surface area contributed by atoms with Gasteiger partial charge in [0, 0.05) is 5.56 Å². The largest absolute Gasteiger partial charge is 0.496 e. The summed E-state index contributed by atoms with van der Waals surface area (Å²) in [6.45, 7) is 1.90. The number of H-pyrrole nitrogens is 2. The number of nitrogen functional groups attached to an aromatic ring is 1. The smallest absolute Gasteiger partial charge is 0.274 e. The molecule has 1 aromatic heterocycles. The number of nitrogens with two attached hydrogens (primary N) is 1. The molecule has 4 N–H and O–H groups in total. The number of aromatic amines is 2. The quantitative estimate of drug-likeness (QED) is 0.763. The fraction of sp³-hybridized carbons (Fsp3) is 0.250. The van der Waals surface area contributed by atoms with Crippen LogP contribution in [0.2, 0.25) is 0 Å². The van der Waals surface area contributed by atoms with Crippen molar-refractivity contribution in [2.24, 2.45) is 0 Å². The van der Waals surface area contributed by atoms with Crippen LogP contribution in [0.15, 0.2) is 16.9 Å². The maximum atomic E-state index is 11.7. The van der Waals surface area contributed by atoms with E-state index >= 15 is 0 Å². The van der Waals surface area contributed by atoms with Crippen molar-refractivity contribution in [2.45, 2.75) is 6.92 Å². The molecule has 0 saturated heterocycles. The highest BCUT2D eigenvalue weighted by atomic mass is 16.5. The number of nitrogens with one attached hydrogen (secondary N) is 2. The summed E-state index contributed by atoms with van der Waals surface area (Å²) >= 11 is 0. The highest BCUT2D eigenvalue weighted by Gasteiger charge is 2.17. The van der Waals surface area contributed by atoms with Crippen molar-refractivity contribution in [3.05, 3.63) is 28.0 Å². The number of aryl methyl sites for hydroxylation is 1. The van der Waals surface area contributed by atoms with E-state index in [1.165, 1.54) is 0 Å². The molecule has 96 valence electrons. The van der Waals surface area contributed by atoms with E-state index in [-0.39, 0.29) is 11.4 Å². The van der Waals surface area contributed by atoms with Gasteiger partial charge < -0.3 is 15.2 Å². The van der Waals surface area contributed by atoms with Crippen LogP contribution in [-0.2, 0) is 0 Å². The van der Waals surface area contributed by atoms with Gasteiger partial charge in [0.25, 0.3) is 5.56 Å². The second kappa shape index (κ2) is 4.48. The van der Waals surface area contributed by atoms with Crippen molar-refractivity contribution in [3.63, 3.8) is 0 Å². The van der Waals surface area contributed by atoms with E-state index < -0.39 is 0 Å². The third-order valence-corrected chi connectivity index (χ3v) is 2.79. The molecule has 1 aromatic carbocycles. The fourth-order valence-corrected chi connectivity index (χ4v) is 1.88. The first-order valence-corrected chi connectivity index (χ1v) is 5.37. The minimum atomic E-state index is -0.295. The van der Waals surface area contributed by atoms with Crippen molar-refractivity contribution >= 4 is 5.82 Å². The van der Waals surface area contributed by atoms with Crippen LogP contribution in [0.3, 0.4) is 0 Å². The number of methoxy groups -OCH3 is 2. The number of hydrogen-bond acceptors (Lipinski definition) is 4. The Kier molecular flexibility index (Phi) is 3.01. The van der Waals surface area contributed by atoms with Gasteiger partial charge in [-0.3, -0.25) is 15.0 Å². The molecule has 0 aliphatic carbocycles. The van der Waals surface area contributed by atoms with Crippen LogP contribution < -0.4 is 20.8 Å². The molecule has 0 spiro atoms. The summed E-state index contributed by atoms with van der Waals surface area (Å²) in [5.74, 6) is 1.51. The van der Waals surface area contributed by atoms with Gasteiger partial charge in [0.15, 0.2) is 0 Å². The van der Waals surface area contributed by atoms with Crippen molar-refractivity contribution in [3.8, 4) is 22.6 Å². The molecule has 0 unspecified atom stereocenters. The minimum absolute atomic E-state index is 0.268. The molecule has 0 aliphatic heterocycles. The third-order valence-electron chi connectivity index (χ3n) is 2.79. The number of aromatic nitrogens is 2. The molecule has 2 aromatic rings. The topological polar surface area (TPSA) is 93.1 Å². The Bertz CT molecular complexity index is 628. The molecule has 0 radical (unpaired) electrons. The summed E-state index contributed by atoms with van der Waals surface area (Å²) in [7, 11) is 3.12. The van der Waals surface area contributed by atoms with E-state index in [0.29, 0.717) is 22.6 Å². The highest BCUT2D eigenvalue weighted by Crippen LogP contribution is 2.35. The molecular weight excluding hydrogens is 234 g/mol. The van der Waals surface area contributed by atoms with Gasteiger partial charge in [-0.2, -0.15) is 0 Å². The minimum Gasteiger partial charge on any atom is -0.496 e. The maximum absolute atomic E-state index is 11.7. The second-order valence-electron chi connectivity index (χ2n) is 3.89. The maximum Gasteiger partial charge on any atom is 0.274 e. The van der Waals surface area contributed by atoms with Gasteiger partial charge in [-0.15, -0.1) is 0 Å². The van der Waals surface area contributed by atoms with Gasteiger partial charge in [-0.05, 0) is 24.6 Å². The Hall–Kier alpha value is -2.37. The molecule has 18 heavy (non-hydrogen) atoms. The van der Waals surface area contributed by atoms with Crippen molar-refractivity contribution in [2.75, 3.05) is 20.0 Å². The van der Waals surface area contributed by atoms with Gasteiger partial charge in [0.2, 0.25) is 0 Å². The Morgan fingerprint density at radius 1 is 1.11 bits per heavy atom. The number of benzene rings is 1. The Morgan fingerprint density at radius 3 is 2.28 bits per heavy atom. The van der Waals surface area contributed by atoms with Crippen molar-refractivity contribution in [1.29, 1.82) is 0 Å². The normalized spacial score (nSPS) is 10.4. The Balaban J connectivity index is 2.73. The predicted octanol–water partition coefficient (Wildman–Crippen LogP) is 1.28. The average Bonchev–Trinajstić information content (AvgIpc) is 2.69. The van der Waals surface area contributed by atoms with E-state index in [9.17, 15) is 4.79 Å². The lowest BCUT2D eigenvalue weighted by molar-refractivity contribution is 0.402. The third kappa shape index (κ3) is 1.81. The lowest BCUT2D eigenvalue weighted by Crippen LogP contribution is -2.04. The van der Waals surface area contributed by atoms with Gasteiger partial charge in [-0.1, -0.05) is 0 Å². The molecule has 0 amide bonds. The lowest BCUT2D eigenvalue weighted by atomic mass is 10.0. The van der Waals surface area contributed by atoms with Crippen LogP contribution in [-0.4, -0.2) is 24.4 Å². The number of rotatable bonds is 3. The van der Waals surface area contributed by atoms with E-state index in [1.54, 1.807) is 26.4 Å². The summed E-state index contributed by atoms with van der Waals surface area (Å²) in [4.78, 5) is 11.7. The van der Waals surface area contributed by atoms with Gasteiger partial charge in [-0.25, -0.2) is 0 Å². The number of hydrogen-bond donors (Lipinski definition) is 3. The molecule has 0 bridgehead atoms. The number of ether oxygens (including phenoxy) is 2. The highest BCUT2D eigenvalue weighted by molar-refractivity contribution is 5.79. The SMILES string of the molecule is COc1cc(-c2c(N)[nH][nH]c2=O)c(OC)cc1C. The molecule has 0 fully saturated rings. The molecular formula is C12H15N3O3. The standard InChI is InChI=1S/C12H15N3O3/c1-6-4-9(18-3)7(5-8(6)17-2)10-11(13)14-15-12(10)16/h4-5H,1-3H3,(H4,13,14,15,16). The summed E-state index contributed by atoms with van der Waals surface area (Å²) in [5, 5.41) is 5.02. The van der Waals surface area contributed by atoms with E-state index in [1.807, 2.05) is 6.92 Å². The van der Waals surface area contributed by atoms with Crippen LogP contribution in [0.4, 0.5) is 5.82 Å². The van der Waals surface area contributed by atoms with Crippen LogP contribution in [0, 0.1) is 6.92 Å². The predicted molar refractivity (Wildman–Crippen MR) is 69.1 cm³/mol. The number of anilines is 1. The van der Waals surface area contributed by atoms with E-state index in [4.69, 9.17) is 15.2 Å². The summed E-state index contributed by atoms with van der Waals surface area (Å²) in [6.07, 6.45) is 0. The first kappa shape index (κ1) is 12.1. The van der Waals surface area contributed by atoms with E-state index in [2.05, 4.69) is 10.2 Å². The van der Waals surface area contributed by atoms with E-state index in [0.717, 1.165) is 5.56 Å². The van der Waals surface area contributed by atoms with Crippen LogP contribution in [0.1, 0.15) is 5.56 Å². The summed E-state index contributed by atoms with van der Waals surface area (Å²) in [6, 6.07) is 3.54. The molecule has 6 nitrogen and oxygen atoms in total. The first-order valence-electron chi connectivity index (χ1n) is 5.37. The molecule has 0 atom stereocenters. The van der Waals surface area contributed by atoms with Gasteiger partial charge in [0.05, 0.1) is 19.8 Å². The van der Waals surface area contributed by atoms with Gasteiger partial charge in [0.1, 0.15) is 17.3 Å². The zero-order chi connectivity index (χ0) is 13.3. The second-order valence-corrected chi connectivity index (χ2v) is 3.89. The van der Waals surface area contributed by atoms with Crippen molar-refractivity contribution < 1.29 is 9.47 Å². The van der Waals surface area contributed by atoms with Gasteiger partial charge >= 0.3 is 0 Å². The summed E-state index contributed by atoms with van der Waals surface area (Å²) in [5.41, 5.74) is 7.32. The lowest BCUT2D eigenvalue weighted by Gasteiger charge is -2.12. The molecule has 0 aliphatic rings. The fourth-order valence-electron chi connectivity index (χ4n) is 1.88. The monoisotopic (exact) mass is 249 g/mol.